The molecule has 20 heavy (non-hydrogen) atoms. The van der Waals surface area contributed by atoms with Crippen LogP contribution < -0.4 is 0 Å². The molecule has 0 radical (unpaired) electrons. The molecule has 1 unspecified atom stereocenters. The van der Waals surface area contributed by atoms with Crippen molar-refractivity contribution in [2.75, 3.05) is 19.7 Å². The second kappa shape index (κ2) is 5.00. The lowest BCUT2D eigenvalue weighted by atomic mass is 10.3. The van der Waals surface area contributed by atoms with E-state index in [0.717, 1.165) is 5.69 Å². The van der Waals surface area contributed by atoms with Crippen molar-refractivity contribution in [3.05, 3.63) is 30.1 Å². The highest BCUT2D eigenvalue weighted by atomic mass is 32.2. The first-order valence-corrected chi connectivity index (χ1v) is 7.63. The predicted octanol–water partition coefficient (Wildman–Crippen LogP) is 0.203. The van der Waals surface area contributed by atoms with Gasteiger partial charge >= 0.3 is 0 Å². The number of nitrogens with one attached hydrogen (secondary N) is 2. The molecule has 3 heterocycles. The maximum Gasteiger partial charge on any atom is 0.246 e. The van der Waals surface area contributed by atoms with Gasteiger partial charge in [-0.05, 0) is 6.92 Å². The van der Waals surface area contributed by atoms with Gasteiger partial charge in [0.25, 0.3) is 0 Å². The van der Waals surface area contributed by atoms with Gasteiger partial charge in [0.2, 0.25) is 10.0 Å². The molecule has 108 valence electrons. The molecule has 3 rings (SSSR count). The Bertz CT molecular complexity index is 679. The van der Waals surface area contributed by atoms with E-state index in [0.29, 0.717) is 19.0 Å². The van der Waals surface area contributed by atoms with E-state index in [-0.39, 0.29) is 17.5 Å². The van der Waals surface area contributed by atoms with Crippen LogP contribution in [0.4, 0.5) is 0 Å². The lowest BCUT2D eigenvalue weighted by molar-refractivity contribution is -0.00710. The summed E-state index contributed by atoms with van der Waals surface area (Å²) < 4.78 is 31.8. The molecule has 0 aromatic carbocycles. The zero-order valence-electron chi connectivity index (χ0n) is 10.9. The summed E-state index contributed by atoms with van der Waals surface area (Å²) >= 11 is 0. The van der Waals surface area contributed by atoms with Crippen LogP contribution in [0.5, 0.6) is 0 Å². The van der Waals surface area contributed by atoms with Crippen molar-refractivity contribution in [1.82, 2.24) is 24.5 Å². The summed E-state index contributed by atoms with van der Waals surface area (Å²) in [5.74, 6) is 0.648. The molecule has 0 aliphatic carbocycles. The van der Waals surface area contributed by atoms with Crippen LogP contribution in [0, 0.1) is 6.92 Å². The summed E-state index contributed by atoms with van der Waals surface area (Å²) in [5, 5.41) is 6.20. The van der Waals surface area contributed by atoms with Crippen LogP contribution in [0.2, 0.25) is 0 Å². The van der Waals surface area contributed by atoms with E-state index < -0.39 is 10.0 Å². The van der Waals surface area contributed by atoms with Crippen LogP contribution in [-0.2, 0) is 14.8 Å². The smallest absolute Gasteiger partial charge is 0.246 e. The molecule has 0 spiro atoms. The molecule has 0 saturated carbocycles. The van der Waals surface area contributed by atoms with Crippen molar-refractivity contribution >= 4 is 10.0 Å². The molecule has 2 aromatic rings. The molecule has 1 fully saturated rings. The van der Waals surface area contributed by atoms with Gasteiger partial charge in [0.05, 0.1) is 12.8 Å². The zero-order chi connectivity index (χ0) is 14.2. The van der Waals surface area contributed by atoms with E-state index in [1.165, 1.54) is 16.7 Å². The minimum Gasteiger partial charge on any atom is -0.368 e. The molecule has 8 nitrogen and oxygen atoms in total. The van der Waals surface area contributed by atoms with Crippen molar-refractivity contribution in [1.29, 1.82) is 0 Å². The average molecular weight is 297 g/mol. The number of sulfonamides is 1. The number of aromatic nitrogens is 4. The van der Waals surface area contributed by atoms with E-state index in [1.807, 2.05) is 6.92 Å². The van der Waals surface area contributed by atoms with Gasteiger partial charge in [0.1, 0.15) is 16.8 Å². The third kappa shape index (κ3) is 2.35. The minimum atomic E-state index is -3.53. The number of aryl methyl sites for hydroxylation is 1. The molecular formula is C11H15N5O3S. The van der Waals surface area contributed by atoms with Crippen LogP contribution in [0.25, 0.3) is 0 Å². The normalized spacial score (nSPS) is 21.1. The van der Waals surface area contributed by atoms with Crippen LogP contribution in [-0.4, -0.2) is 52.6 Å². The van der Waals surface area contributed by atoms with Crippen molar-refractivity contribution in [3.8, 4) is 0 Å². The minimum absolute atomic E-state index is 0.161. The number of nitrogens with zero attached hydrogens (tertiary/aromatic N) is 3. The number of aromatic amines is 2. The maximum absolute atomic E-state index is 12.4. The monoisotopic (exact) mass is 297 g/mol. The van der Waals surface area contributed by atoms with Crippen LogP contribution >= 0.6 is 0 Å². The number of rotatable bonds is 3. The molecule has 2 aromatic heterocycles. The van der Waals surface area contributed by atoms with Gasteiger partial charge in [-0.1, -0.05) is 0 Å². The Labute approximate surface area is 116 Å². The van der Waals surface area contributed by atoms with E-state index in [4.69, 9.17) is 4.74 Å². The first kappa shape index (κ1) is 13.3. The summed E-state index contributed by atoms with van der Waals surface area (Å²) in [7, 11) is -3.53. The fraction of sp³-hybridized carbons (Fsp3) is 0.455. The van der Waals surface area contributed by atoms with Gasteiger partial charge in [0.15, 0.2) is 0 Å². The second-order valence-electron chi connectivity index (χ2n) is 4.61. The van der Waals surface area contributed by atoms with Crippen molar-refractivity contribution in [3.63, 3.8) is 0 Å². The highest BCUT2D eigenvalue weighted by molar-refractivity contribution is 7.89. The number of hydrogen-bond acceptors (Lipinski definition) is 5. The lowest BCUT2D eigenvalue weighted by Gasteiger charge is -2.30. The molecule has 0 amide bonds. The van der Waals surface area contributed by atoms with Crippen molar-refractivity contribution < 1.29 is 13.2 Å². The molecular weight excluding hydrogens is 282 g/mol. The highest BCUT2D eigenvalue weighted by Crippen LogP contribution is 2.24. The number of ether oxygens (including phenoxy) is 1. The first-order valence-electron chi connectivity index (χ1n) is 6.19. The summed E-state index contributed by atoms with van der Waals surface area (Å²) in [5.41, 5.74) is 0.915. The summed E-state index contributed by atoms with van der Waals surface area (Å²) in [6.07, 6.45) is 4.00. The summed E-state index contributed by atoms with van der Waals surface area (Å²) in [4.78, 5) is 7.44. The maximum atomic E-state index is 12.4. The van der Waals surface area contributed by atoms with Crippen LogP contribution in [0.15, 0.2) is 23.5 Å². The quantitative estimate of drug-likeness (QED) is 0.842. The van der Waals surface area contributed by atoms with Gasteiger partial charge in [-0.15, -0.1) is 0 Å². The Kier molecular flexibility index (Phi) is 3.32. The van der Waals surface area contributed by atoms with E-state index in [9.17, 15) is 8.42 Å². The fourth-order valence-electron chi connectivity index (χ4n) is 2.14. The van der Waals surface area contributed by atoms with E-state index in [1.54, 1.807) is 6.20 Å². The standard InChI is InChI=1S/C11H15N5O3S/c1-8-4-12-11(15-8)10-7-16(2-3-19-10)20(17,18)9-5-13-14-6-9/h4-6,10H,2-3,7H2,1H3,(H,12,15)(H,13,14). The Hall–Kier alpha value is -1.71. The third-order valence-corrected chi connectivity index (χ3v) is 5.00. The topological polar surface area (TPSA) is 104 Å². The number of H-pyrrole nitrogens is 2. The predicted molar refractivity (Wildman–Crippen MR) is 69.4 cm³/mol. The molecule has 2 N–H and O–H groups in total. The Morgan fingerprint density at radius 3 is 2.95 bits per heavy atom. The average Bonchev–Trinajstić information content (AvgIpc) is 3.10. The molecule has 1 aliphatic heterocycles. The summed E-state index contributed by atoms with van der Waals surface area (Å²) in [6, 6.07) is 0. The summed E-state index contributed by atoms with van der Waals surface area (Å²) in [6.45, 7) is 2.78. The van der Waals surface area contributed by atoms with Gasteiger partial charge in [-0.3, -0.25) is 5.10 Å². The Morgan fingerprint density at radius 1 is 1.45 bits per heavy atom. The molecule has 9 heteroatoms. The van der Waals surface area contributed by atoms with Crippen molar-refractivity contribution in [2.24, 2.45) is 0 Å². The van der Waals surface area contributed by atoms with E-state index in [2.05, 4.69) is 20.2 Å². The molecule has 0 bridgehead atoms. The fourth-order valence-corrected chi connectivity index (χ4v) is 3.47. The first-order chi connectivity index (χ1) is 9.57. The zero-order valence-corrected chi connectivity index (χ0v) is 11.7. The van der Waals surface area contributed by atoms with Crippen LogP contribution in [0.3, 0.4) is 0 Å². The Balaban J connectivity index is 1.82. The Morgan fingerprint density at radius 2 is 2.30 bits per heavy atom. The number of morpholine rings is 1. The second-order valence-corrected chi connectivity index (χ2v) is 6.55. The SMILES string of the molecule is Cc1cnc(C2CN(S(=O)(=O)c3cn[nH]c3)CCO2)[nH]1. The largest absolute Gasteiger partial charge is 0.368 e. The number of hydrogen-bond donors (Lipinski definition) is 2. The molecule has 1 saturated heterocycles. The van der Waals surface area contributed by atoms with E-state index >= 15 is 0 Å². The van der Waals surface area contributed by atoms with Gasteiger partial charge in [0, 0.05) is 31.2 Å². The van der Waals surface area contributed by atoms with Gasteiger partial charge in [-0.25, -0.2) is 13.4 Å². The van der Waals surface area contributed by atoms with Crippen LogP contribution in [0.1, 0.15) is 17.6 Å². The third-order valence-electron chi connectivity index (χ3n) is 3.17. The lowest BCUT2D eigenvalue weighted by Crippen LogP contribution is -2.42. The van der Waals surface area contributed by atoms with Gasteiger partial charge < -0.3 is 9.72 Å². The van der Waals surface area contributed by atoms with Gasteiger partial charge in [-0.2, -0.15) is 9.40 Å². The molecule has 1 aliphatic rings. The van der Waals surface area contributed by atoms with Crippen molar-refractivity contribution in [2.45, 2.75) is 17.9 Å². The molecule has 1 atom stereocenters. The highest BCUT2D eigenvalue weighted by Gasteiger charge is 2.33. The number of imidazole rings is 1.